The summed E-state index contributed by atoms with van der Waals surface area (Å²) in [4.78, 5) is 13.0. The number of carbonyl (C=O) groups excluding carboxylic acids is 1. The predicted molar refractivity (Wildman–Crippen MR) is 88.6 cm³/mol. The lowest BCUT2D eigenvalue weighted by atomic mass is 10.1. The average molecular weight is 303 g/mol. The molecule has 2 N–H and O–H groups in total. The smallest absolute Gasteiger partial charge is 0.230 e. The van der Waals surface area contributed by atoms with Crippen molar-refractivity contribution in [3.05, 3.63) is 42.5 Å². The van der Waals surface area contributed by atoms with Gasteiger partial charge in [-0.15, -0.1) is 11.8 Å². The Morgan fingerprint density at radius 1 is 1.24 bits per heavy atom. The first kappa shape index (κ1) is 15.9. The molecule has 0 saturated carbocycles. The molecule has 0 bridgehead atoms. The van der Waals surface area contributed by atoms with Gasteiger partial charge >= 0.3 is 0 Å². The Hall–Kier alpha value is -1.52. The lowest BCUT2D eigenvalue weighted by Crippen LogP contribution is -2.36. The highest BCUT2D eigenvalue weighted by atomic mass is 32.2. The number of hydrogen-bond acceptors (Lipinski definition) is 3. The van der Waals surface area contributed by atoms with Gasteiger partial charge in [-0.1, -0.05) is 37.3 Å². The molecule has 0 saturated heterocycles. The van der Waals surface area contributed by atoms with Crippen LogP contribution in [-0.4, -0.2) is 29.4 Å². The second-order valence-electron chi connectivity index (χ2n) is 4.98. The molecule has 0 aliphatic heterocycles. The second kappa shape index (κ2) is 8.05. The van der Waals surface area contributed by atoms with Crippen molar-refractivity contribution in [3.63, 3.8) is 0 Å². The molecule has 0 fully saturated rings. The molecule has 1 amide bonds. The first-order valence-corrected chi connectivity index (χ1v) is 8.23. The van der Waals surface area contributed by atoms with E-state index >= 15 is 0 Å². The number of aliphatic hydroxyl groups is 1. The Kier molecular flexibility index (Phi) is 6.08. The van der Waals surface area contributed by atoms with Gasteiger partial charge in [0.25, 0.3) is 0 Å². The van der Waals surface area contributed by atoms with Gasteiger partial charge in [-0.2, -0.15) is 0 Å². The molecule has 21 heavy (non-hydrogen) atoms. The first-order chi connectivity index (χ1) is 10.2. The normalized spacial score (nSPS) is 12.3. The number of rotatable bonds is 7. The molecule has 2 aromatic rings. The summed E-state index contributed by atoms with van der Waals surface area (Å²) >= 11 is 1.54. The van der Waals surface area contributed by atoms with Gasteiger partial charge in [0.15, 0.2) is 0 Å². The van der Waals surface area contributed by atoms with Gasteiger partial charge < -0.3 is 10.4 Å². The summed E-state index contributed by atoms with van der Waals surface area (Å²) in [5.41, 5.74) is 0. The molecule has 1 unspecified atom stereocenters. The fourth-order valence-electron chi connectivity index (χ4n) is 2.21. The highest BCUT2D eigenvalue weighted by Gasteiger charge is 2.10. The summed E-state index contributed by atoms with van der Waals surface area (Å²) in [7, 11) is 0. The van der Waals surface area contributed by atoms with Crippen LogP contribution in [0.1, 0.15) is 19.8 Å². The SMILES string of the molecule is CCC(CCO)NC(=O)CSc1ccc2ccccc2c1. The fraction of sp³-hybridized carbons (Fsp3) is 0.353. The standard InChI is InChI=1S/C17H21NO2S/c1-2-15(9-10-19)18-17(20)12-21-16-8-7-13-5-3-4-6-14(13)11-16/h3-8,11,15,19H,2,9-10,12H2,1H3,(H,18,20). The highest BCUT2D eigenvalue weighted by Crippen LogP contribution is 2.23. The molecule has 4 heteroatoms. The number of thioether (sulfide) groups is 1. The molecule has 3 nitrogen and oxygen atoms in total. The van der Waals surface area contributed by atoms with E-state index in [2.05, 4.69) is 29.6 Å². The molecule has 0 aliphatic carbocycles. The Morgan fingerprint density at radius 3 is 2.71 bits per heavy atom. The number of hydrogen-bond donors (Lipinski definition) is 2. The van der Waals surface area contributed by atoms with Crippen molar-refractivity contribution in [2.45, 2.75) is 30.7 Å². The topological polar surface area (TPSA) is 49.3 Å². The van der Waals surface area contributed by atoms with E-state index < -0.39 is 0 Å². The van der Waals surface area contributed by atoms with E-state index in [4.69, 9.17) is 5.11 Å². The van der Waals surface area contributed by atoms with Crippen molar-refractivity contribution in [2.75, 3.05) is 12.4 Å². The second-order valence-corrected chi connectivity index (χ2v) is 6.03. The van der Waals surface area contributed by atoms with Gasteiger partial charge in [0.2, 0.25) is 5.91 Å². The monoisotopic (exact) mass is 303 g/mol. The summed E-state index contributed by atoms with van der Waals surface area (Å²) < 4.78 is 0. The lowest BCUT2D eigenvalue weighted by molar-refractivity contribution is -0.119. The minimum Gasteiger partial charge on any atom is -0.396 e. The highest BCUT2D eigenvalue weighted by molar-refractivity contribution is 8.00. The van der Waals surface area contributed by atoms with Crippen molar-refractivity contribution in [1.29, 1.82) is 0 Å². The molecule has 112 valence electrons. The van der Waals surface area contributed by atoms with Crippen LogP contribution < -0.4 is 5.32 Å². The van der Waals surface area contributed by atoms with E-state index in [9.17, 15) is 4.79 Å². The number of carbonyl (C=O) groups is 1. The maximum atomic E-state index is 11.9. The predicted octanol–water partition coefficient (Wildman–Crippen LogP) is 3.21. The summed E-state index contributed by atoms with van der Waals surface area (Å²) in [5, 5.41) is 14.3. The fourth-order valence-corrected chi connectivity index (χ4v) is 2.97. The average Bonchev–Trinajstić information content (AvgIpc) is 2.52. The van der Waals surface area contributed by atoms with Crippen LogP contribution in [0.2, 0.25) is 0 Å². The molecule has 0 aromatic heterocycles. The first-order valence-electron chi connectivity index (χ1n) is 7.24. The van der Waals surface area contributed by atoms with Crippen LogP contribution in [0.5, 0.6) is 0 Å². The Bertz CT molecular complexity index is 600. The zero-order chi connectivity index (χ0) is 15.1. The van der Waals surface area contributed by atoms with Crippen molar-refractivity contribution in [1.82, 2.24) is 5.32 Å². The molecular formula is C17H21NO2S. The summed E-state index contributed by atoms with van der Waals surface area (Å²) in [5.74, 6) is 0.425. The van der Waals surface area contributed by atoms with Gasteiger partial charge in [0.05, 0.1) is 5.75 Å². The number of nitrogens with one attached hydrogen (secondary N) is 1. The zero-order valence-corrected chi connectivity index (χ0v) is 13.0. The van der Waals surface area contributed by atoms with Crippen molar-refractivity contribution < 1.29 is 9.90 Å². The van der Waals surface area contributed by atoms with Crippen LogP contribution >= 0.6 is 11.8 Å². The summed E-state index contributed by atoms with van der Waals surface area (Å²) in [6, 6.07) is 14.5. The van der Waals surface area contributed by atoms with Crippen LogP contribution in [0, 0.1) is 0 Å². The minimum atomic E-state index is 0.0217. The maximum absolute atomic E-state index is 11.9. The van der Waals surface area contributed by atoms with Crippen LogP contribution in [-0.2, 0) is 4.79 Å². The maximum Gasteiger partial charge on any atom is 0.230 e. The van der Waals surface area contributed by atoms with E-state index in [0.29, 0.717) is 12.2 Å². The van der Waals surface area contributed by atoms with E-state index in [1.807, 2.05) is 25.1 Å². The third kappa shape index (κ3) is 4.76. The zero-order valence-electron chi connectivity index (χ0n) is 12.2. The molecule has 0 aliphatic rings. The van der Waals surface area contributed by atoms with E-state index in [-0.39, 0.29) is 18.6 Å². The minimum absolute atomic E-state index is 0.0217. The van der Waals surface area contributed by atoms with Crippen molar-refractivity contribution in [2.24, 2.45) is 0 Å². The summed E-state index contributed by atoms with van der Waals surface area (Å²) in [6.45, 7) is 2.12. The van der Waals surface area contributed by atoms with Crippen molar-refractivity contribution >= 4 is 28.4 Å². The quantitative estimate of drug-likeness (QED) is 0.772. The van der Waals surface area contributed by atoms with Crippen LogP contribution in [0.4, 0.5) is 0 Å². The lowest BCUT2D eigenvalue weighted by Gasteiger charge is -2.15. The van der Waals surface area contributed by atoms with Crippen molar-refractivity contribution in [3.8, 4) is 0 Å². The Labute approximate surface area is 129 Å². The van der Waals surface area contributed by atoms with Crippen LogP contribution in [0.15, 0.2) is 47.4 Å². The van der Waals surface area contributed by atoms with E-state index in [1.165, 1.54) is 22.5 Å². The number of aliphatic hydroxyl groups excluding tert-OH is 1. The van der Waals surface area contributed by atoms with Gasteiger partial charge in [-0.05, 0) is 35.7 Å². The molecule has 2 aromatic carbocycles. The molecule has 0 radical (unpaired) electrons. The third-order valence-electron chi connectivity index (χ3n) is 3.43. The molecule has 0 heterocycles. The molecule has 1 atom stereocenters. The van der Waals surface area contributed by atoms with Gasteiger partial charge in [-0.3, -0.25) is 4.79 Å². The van der Waals surface area contributed by atoms with Gasteiger partial charge in [0.1, 0.15) is 0 Å². The molecule has 0 spiro atoms. The molecule has 2 rings (SSSR count). The van der Waals surface area contributed by atoms with Gasteiger partial charge in [0, 0.05) is 17.5 Å². The Balaban J connectivity index is 1.90. The Morgan fingerprint density at radius 2 is 2.00 bits per heavy atom. The van der Waals surface area contributed by atoms with E-state index in [1.54, 1.807) is 0 Å². The van der Waals surface area contributed by atoms with Gasteiger partial charge in [-0.25, -0.2) is 0 Å². The van der Waals surface area contributed by atoms with Crippen LogP contribution in [0.25, 0.3) is 10.8 Å². The number of benzene rings is 2. The largest absolute Gasteiger partial charge is 0.396 e. The summed E-state index contributed by atoms with van der Waals surface area (Å²) in [6.07, 6.45) is 1.45. The van der Waals surface area contributed by atoms with Crippen LogP contribution in [0.3, 0.4) is 0 Å². The van der Waals surface area contributed by atoms with E-state index in [0.717, 1.165) is 11.3 Å². The number of fused-ring (bicyclic) bond motifs is 1. The third-order valence-corrected chi connectivity index (χ3v) is 4.42. The number of amides is 1. The molecular weight excluding hydrogens is 282 g/mol.